The van der Waals surface area contributed by atoms with Gasteiger partial charge in [-0.3, -0.25) is 4.79 Å². The first kappa shape index (κ1) is 15.5. The van der Waals surface area contributed by atoms with E-state index in [-0.39, 0.29) is 11.1 Å². The molecule has 0 aliphatic heterocycles. The molecule has 0 radical (unpaired) electrons. The molecule has 0 bridgehead atoms. The van der Waals surface area contributed by atoms with E-state index in [2.05, 4.69) is 10.3 Å². The molecule has 0 atom stereocenters. The minimum atomic E-state index is -0.304. The molecule has 2 rings (SSSR count). The number of H-pyrrole nitrogens is 1. The average Bonchev–Trinajstić information content (AvgIpc) is 2.84. The van der Waals surface area contributed by atoms with Crippen LogP contribution in [0.1, 0.15) is 16.1 Å². The van der Waals surface area contributed by atoms with Crippen LogP contribution in [0.25, 0.3) is 0 Å². The Bertz CT molecular complexity index is 636. The lowest BCUT2D eigenvalue weighted by atomic mass is 10.2. The van der Waals surface area contributed by atoms with Crippen molar-refractivity contribution in [3.63, 3.8) is 0 Å². The van der Waals surface area contributed by atoms with Gasteiger partial charge >= 0.3 is 0 Å². The second-order valence-electron chi connectivity index (χ2n) is 4.21. The summed E-state index contributed by atoms with van der Waals surface area (Å²) in [7, 11) is 3.14. The fourth-order valence-electron chi connectivity index (χ4n) is 1.80. The van der Waals surface area contributed by atoms with Gasteiger partial charge in [-0.2, -0.15) is 0 Å². The highest BCUT2D eigenvalue weighted by molar-refractivity contribution is 6.41. The van der Waals surface area contributed by atoms with Crippen molar-refractivity contribution in [3.05, 3.63) is 45.7 Å². The Labute approximate surface area is 132 Å². The second kappa shape index (κ2) is 6.74. The minimum absolute atomic E-state index is 0.240. The lowest BCUT2D eigenvalue weighted by Crippen LogP contribution is -2.23. The minimum Gasteiger partial charge on any atom is -0.497 e. The van der Waals surface area contributed by atoms with Gasteiger partial charge in [0.15, 0.2) is 0 Å². The third-order valence-corrected chi connectivity index (χ3v) is 3.60. The summed E-state index contributed by atoms with van der Waals surface area (Å²) < 4.78 is 10.4. The van der Waals surface area contributed by atoms with Crippen LogP contribution >= 0.6 is 23.2 Å². The van der Waals surface area contributed by atoms with Gasteiger partial charge in [-0.1, -0.05) is 23.2 Å². The van der Waals surface area contributed by atoms with E-state index in [4.69, 9.17) is 32.7 Å². The summed E-state index contributed by atoms with van der Waals surface area (Å²) in [6.07, 6.45) is 0. The number of benzene rings is 1. The molecule has 0 saturated carbocycles. The molecule has 1 amide bonds. The van der Waals surface area contributed by atoms with Crippen LogP contribution in [0.4, 0.5) is 0 Å². The first-order valence-corrected chi connectivity index (χ1v) is 6.84. The van der Waals surface area contributed by atoms with Crippen molar-refractivity contribution in [1.29, 1.82) is 0 Å². The van der Waals surface area contributed by atoms with Crippen LogP contribution in [-0.2, 0) is 6.54 Å². The molecule has 112 valence electrons. The number of methoxy groups -OCH3 is 2. The molecule has 0 spiro atoms. The predicted octanol–water partition coefficient (Wildman–Crippen LogP) is 3.27. The number of hydrogen-bond acceptors (Lipinski definition) is 3. The molecular formula is C14H14Cl2N2O3. The Balaban J connectivity index is 2.07. The Morgan fingerprint density at radius 1 is 1.24 bits per heavy atom. The van der Waals surface area contributed by atoms with Crippen LogP contribution in [0.5, 0.6) is 11.5 Å². The van der Waals surface area contributed by atoms with Gasteiger partial charge in [0.25, 0.3) is 5.91 Å². The van der Waals surface area contributed by atoms with Gasteiger partial charge in [-0.15, -0.1) is 0 Å². The van der Waals surface area contributed by atoms with E-state index in [1.807, 2.05) is 6.07 Å². The average molecular weight is 329 g/mol. The van der Waals surface area contributed by atoms with Gasteiger partial charge in [-0.25, -0.2) is 0 Å². The number of carbonyl (C=O) groups excluding carboxylic acids is 1. The SMILES string of the molecule is COc1ccc(CNC(=O)c2cc(Cl)c(Cl)[nH]2)c(OC)c1. The number of aromatic nitrogens is 1. The summed E-state index contributed by atoms with van der Waals surface area (Å²) in [5.41, 5.74) is 1.13. The van der Waals surface area contributed by atoms with E-state index in [9.17, 15) is 4.79 Å². The summed E-state index contributed by atoms with van der Waals surface area (Å²) in [6, 6.07) is 6.85. The monoisotopic (exact) mass is 328 g/mol. The molecule has 7 heteroatoms. The lowest BCUT2D eigenvalue weighted by molar-refractivity contribution is 0.0946. The fraction of sp³-hybridized carbons (Fsp3) is 0.214. The Kier molecular flexibility index (Phi) is 4.98. The van der Waals surface area contributed by atoms with Gasteiger partial charge < -0.3 is 19.8 Å². The third kappa shape index (κ3) is 3.62. The Hall–Kier alpha value is -1.85. The largest absolute Gasteiger partial charge is 0.497 e. The lowest BCUT2D eigenvalue weighted by Gasteiger charge is -2.11. The first-order valence-electron chi connectivity index (χ1n) is 6.08. The predicted molar refractivity (Wildman–Crippen MR) is 81.5 cm³/mol. The smallest absolute Gasteiger partial charge is 0.268 e. The summed E-state index contributed by atoms with van der Waals surface area (Å²) in [4.78, 5) is 14.7. The van der Waals surface area contributed by atoms with E-state index in [1.54, 1.807) is 26.4 Å². The molecular weight excluding hydrogens is 315 g/mol. The van der Waals surface area contributed by atoms with E-state index < -0.39 is 0 Å². The number of nitrogens with one attached hydrogen (secondary N) is 2. The number of hydrogen-bond donors (Lipinski definition) is 2. The van der Waals surface area contributed by atoms with Crippen LogP contribution in [0.2, 0.25) is 10.2 Å². The van der Waals surface area contributed by atoms with E-state index in [0.717, 1.165) is 5.56 Å². The highest BCUT2D eigenvalue weighted by Gasteiger charge is 2.12. The van der Waals surface area contributed by atoms with Crippen LogP contribution in [0, 0.1) is 0 Å². The number of halogens is 2. The zero-order valence-electron chi connectivity index (χ0n) is 11.5. The van der Waals surface area contributed by atoms with Crippen molar-refractivity contribution in [2.75, 3.05) is 14.2 Å². The Morgan fingerprint density at radius 3 is 2.57 bits per heavy atom. The van der Waals surface area contributed by atoms with Crippen LogP contribution in [0.3, 0.4) is 0 Å². The molecule has 0 aliphatic carbocycles. The van der Waals surface area contributed by atoms with Crippen LogP contribution in [-0.4, -0.2) is 25.1 Å². The highest BCUT2D eigenvalue weighted by atomic mass is 35.5. The Morgan fingerprint density at radius 2 is 2.00 bits per heavy atom. The molecule has 0 unspecified atom stereocenters. The van der Waals surface area contributed by atoms with Crippen LogP contribution < -0.4 is 14.8 Å². The first-order chi connectivity index (χ1) is 10.0. The topological polar surface area (TPSA) is 63.3 Å². The van der Waals surface area contributed by atoms with E-state index >= 15 is 0 Å². The molecule has 1 heterocycles. The zero-order valence-corrected chi connectivity index (χ0v) is 13.0. The van der Waals surface area contributed by atoms with Gasteiger partial charge in [0.05, 0.1) is 19.2 Å². The second-order valence-corrected chi connectivity index (χ2v) is 4.99. The summed E-state index contributed by atoms with van der Waals surface area (Å²) in [6.45, 7) is 0.306. The maximum Gasteiger partial charge on any atom is 0.268 e. The van der Waals surface area contributed by atoms with E-state index in [0.29, 0.717) is 28.8 Å². The van der Waals surface area contributed by atoms with Crippen molar-refractivity contribution < 1.29 is 14.3 Å². The van der Waals surface area contributed by atoms with Crippen molar-refractivity contribution >= 4 is 29.1 Å². The van der Waals surface area contributed by atoms with Crippen LogP contribution in [0.15, 0.2) is 24.3 Å². The van der Waals surface area contributed by atoms with Gasteiger partial charge in [0, 0.05) is 18.2 Å². The highest BCUT2D eigenvalue weighted by Crippen LogP contribution is 2.25. The molecule has 1 aromatic carbocycles. The van der Waals surface area contributed by atoms with Crippen molar-refractivity contribution in [1.82, 2.24) is 10.3 Å². The number of aromatic amines is 1. The number of rotatable bonds is 5. The molecule has 1 aromatic heterocycles. The summed E-state index contributed by atoms with van der Waals surface area (Å²) in [5.74, 6) is 1.02. The maximum absolute atomic E-state index is 12.0. The molecule has 0 aliphatic rings. The molecule has 5 nitrogen and oxygen atoms in total. The molecule has 2 N–H and O–H groups in total. The zero-order chi connectivity index (χ0) is 15.4. The molecule has 0 fully saturated rings. The van der Waals surface area contributed by atoms with Gasteiger partial charge in [0.1, 0.15) is 22.3 Å². The molecule has 0 saturated heterocycles. The van der Waals surface area contributed by atoms with Crippen molar-refractivity contribution in [2.24, 2.45) is 0 Å². The standard InChI is InChI=1S/C14H14Cl2N2O3/c1-20-9-4-3-8(12(5-9)21-2)7-17-14(19)11-6-10(15)13(16)18-11/h3-6,18H,7H2,1-2H3,(H,17,19). The quantitative estimate of drug-likeness (QED) is 0.885. The summed E-state index contributed by atoms with van der Waals surface area (Å²) >= 11 is 11.6. The van der Waals surface area contributed by atoms with Crippen molar-refractivity contribution in [3.8, 4) is 11.5 Å². The van der Waals surface area contributed by atoms with Gasteiger partial charge in [-0.05, 0) is 18.2 Å². The molecule has 2 aromatic rings. The van der Waals surface area contributed by atoms with E-state index in [1.165, 1.54) is 6.07 Å². The number of carbonyl (C=O) groups is 1. The molecule has 21 heavy (non-hydrogen) atoms. The third-order valence-electron chi connectivity index (χ3n) is 2.90. The number of amides is 1. The van der Waals surface area contributed by atoms with Crippen molar-refractivity contribution in [2.45, 2.75) is 6.54 Å². The fourth-order valence-corrected chi connectivity index (χ4v) is 2.11. The summed E-state index contributed by atoms with van der Waals surface area (Å²) in [5, 5.41) is 3.31. The number of ether oxygens (including phenoxy) is 2. The normalized spacial score (nSPS) is 10.3. The maximum atomic E-state index is 12.0. The van der Waals surface area contributed by atoms with Gasteiger partial charge in [0.2, 0.25) is 0 Å².